The molecule has 0 aromatic carbocycles. The van der Waals surface area contributed by atoms with Crippen molar-refractivity contribution in [1.29, 1.82) is 0 Å². The van der Waals surface area contributed by atoms with Crippen LogP contribution < -0.4 is 10.2 Å². The van der Waals surface area contributed by atoms with Crippen molar-refractivity contribution in [3.8, 4) is 0 Å². The second-order valence-corrected chi connectivity index (χ2v) is 7.03. The van der Waals surface area contributed by atoms with Crippen LogP contribution in [0.15, 0.2) is 12.1 Å². The maximum absolute atomic E-state index is 6.28. The molecule has 1 heterocycles. The lowest BCUT2D eigenvalue weighted by molar-refractivity contribution is 0.421. The van der Waals surface area contributed by atoms with Gasteiger partial charge in [-0.15, -0.1) is 0 Å². The van der Waals surface area contributed by atoms with Gasteiger partial charge in [0, 0.05) is 24.7 Å². The second-order valence-electron chi connectivity index (χ2n) is 6.63. The molecule has 1 saturated carbocycles. The van der Waals surface area contributed by atoms with Crippen molar-refractivity contribution < 1.29 is 0 Å². The van der Waals surface area contributed by atoms with E-state index in [0.717, 1.165) is 29.5 Å². The summed E-state index contributed by atoms with van der Waals surface area (Å²) in [6.07, 6.45) is 3.73. The first kappa shape index (κ1) is 15.6. The van der Waals surface area contributed by atoms with E-state index in [1.807, 2.05) is 6.07 Å². The Balaban J connectivity index is 2.14. The van der Waals surface area contributed by atoms with Gasteiger partial charge in [-0.25, -0.2) is 4.98 Å². The first-order valence-electron chi connectivity index (χ1n) is 7.58. The van der Waals surface area contributed by atoms with Gasteiger partial charge in [0.2, 0.25) is 0 Å². The number of hydrogen-bond donors (Lipinski definition) is 1. The molecular formula is C16H26ClN3. The summed E-state index contributed by atoms with van der Waals surface area (Å²) in [5.74, 6) is 1.07. The highest BCUT2D eigenvalue weighted by Crippen LogP contribution is 2.31. The fourth-order valence-corrected chi connectivity index (χ4v) is 2.39. The molecule has 1 N–H and O–H groups in total. The predicted octanol–water partition coefficient (Wildman–Crippen LogP) is 4.00. The Labute approximate surface area is 127 Å². The number of rotatable bonds is 6. The number of anilines is 1. The summed E-state index contributed by atoms with van der Waals surface area (Å²) >= 11 is 6.28. The van der Waals surface area contributed by atoms with E-state index in [1.54, 1.807) is 0 Å². The highest BCUT2D eigenvalue weighted by molar-refractivity contribution is 6.31. The maximum atomic E-state index is 6.28. The molecule has 2 rings (SSSR count). The quantitative estimate of drug-likeness (QED) is 0.860. The Hall–Kier alpha value is -0.800. The van der Waals surface area contributed by atoms with E-state index in [-0.39, 0.29) is 5.54 Å². The molecule has 0 atom stereocenters. The molecule has 1 aliphatic rings. The predicted molar refractivity (Wildman–Crippen MR) is 86.5 cm³/mol. The van der Waals surface area contributed by atoms with Gasteiger partial charge in [0.05, 0.1) is 10.7 Å². The number of nitrogens with one attached hydrogen (secondary N) is 1. The Bertz CT molecular complexity index is 450. The molecule has 0 radical (unpaired) electrons. The molecule has 20 heavy (non-hydrogen) atoms. The lowest BCUT2D eigenvalue weighted by Crippen LogP contribution is -2.35. The van der Waals surface area contributed by atoms with E-state index in [0.29, 0.717) is 12.6 Å². The van der Waals surface area contributed by atoms with E-state index in [1.165, 1.54) is 12.8 Å². The zero-order chi connectivity index (χ0) is 14.8. The highest BCUT2D eigenvalue weighted by Gasteiger charge is 2.29. The van der Waals surface area contributed by atoms with Crippen LogP contribution >= 0.6 is 11.6 Å². The van der Waals surface area contributed by atoms with Gasteiger partial charge in [-0.1, -0.05) is 18.5 Å². The van der Waals surface area contributed by atoms with Crippen LogP contribution in [0.3, 0.4) is 0 Å². The van der Waals surface area contributed by atoms with Crippen molar-refractivity contribution in [2.45, 2.75) is 65.1 Å². The van der Waals surface area contributed by atoms with Gasteiger partial charge in [-0.2, -0.15) is 0 Å². The third-order valence-electron chi connectivity index (χ3n) is 3.44. The van der Waals surface area contributed by atoms with E-state index < -0.39 is 0 Å². The Morgan fingerprint density at radius 1 is 1.35 bits per heavy atom. The summed E-state index contributed by atoms with van der Waals surface area (Å²) < 4.78 is 0. The van der Waals surface area contributed by atoms with Crippen LogP contribution in [0.25, 0.3) is 0 Å². The third kappa shape index (κ3) is 4.35. The van der Waals surface area contributed by atoms with Gasteiger partial charge in [0.15, 0.2) is 0 Å². The first-order chi connectivity index (χ1) is 9.40. The van der Waals surface area contributed by atoms with E-state index in [2.05, 4.69) is 44.0 Å². The molecule has 1 aromatic heterocycles. The van der Waals surface area contributed by atoms with Crippen molar-refractivity contribution >= 4 is 17.4 Å². The molecule has 0 unspecified atom stereocenters. The van der Waals surface area contributed by atoms with E-state index >= 15 is 0 Å². The molecule has 1 aliphatic carbocycles. The number of nitrogens with zero attached hydrogens (tertiary/aromatic N) is 2. The first-order valence-corrected chi connectivity index (χ1v) is 7.95. The third-order valence-corrected chi connectivity index (χ3v) is 3.78. The summed E-state index contributed by atoms with van der Waals surface area (Å²) in [6, 6.07) is 4.72. The molecule has 0 aliphatic heterocycles. The van der Waals surface area contributed by atoms with Crippen molar-refractivity contribution in [3.05, 3.63) is 22.8 Å². The smallest absolute Gasteiger partial charge is 0.129 e. The maximum Gasteiger partial charge on any atom is 0.129 e. The van der Waals surface area contributed by atoms with Gasteiger partial charge < -0.3 is 10.2 Å². The monoisotopic (exact) mass is 295 g/mol. The zero-order valence-electron chi connectivity index (χ0n) is 13.0. The molecular weight excluding hydrogens is 270 g/mol. The standard InChI is InChI=1S/C16H26ClN3/c1-5-10-20(12-6-7-12)15-9-8-13(17)14(19-15)11-18-16(2,3)4/h8-9,12,18H,5-7,10-11H2,1-4H3. The minimum Gasteiger partial charge on any atom is -0.354 e. The van der Waals surface area contributed by atoms with Gasteiger partial charge >= 0.3 is 0 Å². The minimum atomic E-state index is 0.0701. The average Bonchev–Trinajstić information content (AvgIpc) is 3.18. The van der Waals surface area contributed by atoms with Crippen molar-refractivity contribution in [1.82, 2.24) is 10.3 Å². The topological polar surface area (TPSA) is 28.2 Å². The van der Waals surface area contributed by atoms with E-state index in [4.69, 9.17) is 16.6 Å². The van der Waals surface area contributed by atoms with Crippen molar-refractivity contribution in [2.75, 3.05) is 11.4 Å². The SMILES string of the molecule is CCCN(c1ccc(Cl)c(CNC(C)(C)C)n1)C1CC1. The van der Waals surface area contributed by atoms with Crippen LogP contribution in [0.4, 0.5) is 5.82 Å². The summed E-state index contributed by atoms with van der Waals surface area (Å²) in [4.78, 5) is 7.21. The molecule has 3 nitrogen and oxygen atoms in total. The molecule has 0 spiro atoms. The molecule has 0 saturated heterocycles. The fourth-order valence-electron chi connectivity index (χ4n) is 2.22. The summed E-state index contributed by atoms with van der Waals surface area (Å²) in [5, 5.41) is 4.20. The van der Waals surface area contributed by atoms with Gasteiger partial charge in [0.25, 0.3) is 0 Å². The minimum absolute atomic E-state index is 0.0701. The van der Waals surface area contributed by atoms with Gasteiger partial charge in [-0.3, -0.25) is 0 Å². The second kappa shape index (κ2) is 6.31. The van der Waals surface area contributed by atoms with Crippen LogP contribution in [0.1, 0.15) is 52.7 Å². The van der Waals surface area contributed by atoms with Crippen LogP contribution in [0.5, 0.6) is 0 Å². The molecule has 1 fully saturated rings. The lowest BCUT2D eigenvalue weighted by Gasteiger charge is -2.25. The number of halogens is 1. The summed E-state index contributed by atoms with van der Waals surface area (Å²) in [7, 11) is 0. The molecule has 112 valence electrons. The normalized spacial score (nSPS) is 15.4. The summed E-state index contributed by atoms with van der Waals surface area (Å²) in [6.45, 7) is 10.5. The average molecular weight is 296 g/mol. The number of hydrogen-bond acceptors (Lipinski definition) is 3. The summed E-state index contributed by atoms with van der Waals surface area (Å²) in [5.41, 5.74) is 1.02. The lowest BCUT2D eigenvalue weighted by atomic mass is 10.1. The number of aromatic nitrogens is 1. The Kier molecular flexibility index (Phi) is 4.92. The van der Waals surface area contributed by atoms with Crippen molar-refractivity contribution in [3.63, 3.8) is 0 Å². The molecule has 4 heteroatoms. The van der Waals surface area contributed by atoms with Crippen LogP contribution in [-0.2, 0) is 6.54 Å². The van der Waals surface area contributed by atoms with Crippen LogP contribution in [-0.4, -0.2) is 23.1 Å². The molecule has 0 bridgehead atoms. The Morgan fingerprint density at radius 3 is 2.60 bits per heavy atom. The zero-order valence-corrected chi connectivity index (χ0v) is 13.8. The fraction of sp³-hybridized carbons (Fsp3) is 0.688. The Morgan fingerprint density at radius 2 is 2.05 bits per heavy atom. The van der Waals surface area contributed by atoms with E-state index in [9.17, 15) is 0 Å². The highest BCUT2D eigenvalue weighted by atomic mass is 35.5. The van der Waals surface area contributed by atoms with Crippen molar-refractivity contribution in [2.24, 2.45) is 0 Å². The molecule has 1 aromatic rings. The van der Waals surface area contributed by atoms with Crippen LogP contribution in [0, 0.1) is 0 Å². The van der Waals surface area contributed by atoms with Gasteiger partial charge in [0.1, 0.15) is 5.82 Å². The van der Waals surface area contributed by atoms with Gasteiger partial charge in [-0.05, 0) is 52.2 Å². The largest absolute Gasteiger partial charge is 0.354 e. The van der Waals surface area contributed by atoms with Crippen LogP contribution in [0.2, 0.25) is 5.02 Å². The molecule has 0 amide bonds. The number of pyridine rings is 1.